The largest absolute Gasteiger partial charge is 0.491 e. The number of nitrogen functional groups attached to an aromatic ring is 1. The van der Waals surface area contributed by atoms with Crippen LogP contribution in [0.4, 0.5) is 0 Å². The van der Waals surface area contributed by atoms with E-state index in [4.69, 9.17) is 15.9 Å². The first-order valence-corrected chi connectivity index (χ1v) is 9.01. The van der Waals surface area contributed by atoms with Crippen LogP contribution in [0.1, 0.15) is 18.4 Å². The van der Waals surface area contributed by atoms with Gasteiger partial charge in [0.2, 0.25) is 5.91 Å². The van der Waals surface area contributed by atoms with Crippen molar-refractivity contribution in [2.24, 2.45) is 11.7 Å². The number of esters is 1. The van der Waals surface area contributed by atoms with Crippen LogP contribution in [0.25, 0.3) is 11.1 Å². The summed E-state index contributed by atoms with van der Waals surface area (Å²) in [5.41, 5.74) is 8.20. The van der Waals surface area contributed by atoms with Crippen molar-refractivity contribution in [2.45, 2.75) is 18.9 Å². The van der Waals surface area contributed by atoms with Crippen LogP contribution in [0.5, 0.6) is 5.75 Å². The highest BCUT2D eigenvalue weighted by atomic mass is 35.5. The number of carbonyl (C=O) groups is 2. The van der Waals surface area contributed by atoms with Crippen LogP contribution in [-0.2, 0) is 14.3 Å². The number of nitrogens with two attached hydrogens (primary N) is 1. The third-order valence-electron chi connectivity index (χ3n) is 4.76. The summed E-state index contributed by atoms with van der Waals surface area (Å²) >= 11 is 0. The van der Waals surface area contributed by atoms with E-state index in [2.05, 4.69) is 10.1 Å². The quantitative estimate of drug-likeness (QED) is 0.364. The van der Waals surface area contributed by atoms with Gasteiger partial charge in [0, 0.05) is 5.56 Å². The molecule has 1 amide bonds. The van der Waals surface area contributed by atoms with Gasteiger partial charge in [0.25, 0.3) is 0 Å². The molecule has 1 heterocycles. The summed E-state index contributed by atoms with van der Waals surface area (Å²) in [5.74, 6) is -0.128. The molecule has 2 unspecified atom stereocenters. The SMILES string of the molecule is COC(=O)CC1CC(COc2ccc(-c3ccc(C(=N)N)cc3)cc2)NC1=O.Cl. The lowest BCUT2D eigenvalue weighted by molar-refractivity contribution is -0.143. The van der Waals surface area contributed by atoms with E-state index in [-0.39, 0.29) is 48.5 Å². The van der Waals surface area contributed by atoms with Crippen molar-refractivity contribution >= 4 is 30.1 Å². The second kappa shape index (κ2) is 9.93. The number of methoxy groups -OCH3 is 1. The third kappa shape index (κ3) is 5.71. The molecule has 2 aromatic carbocycles. The van der Waals surface area contributed by atoms with Crippen LogP contribution >= 0.6 is 12.4 Å². The average Bonchev–Trinajstić information content (AvgIpc) is 3.06. The molecule has 3 rings (SSSR count). The fourth-order valence-corrected chi connectivity index (χ4v) is 3.18. The highest BCUT2D eigenvalue weighted by Gasteiger charge is 2.34. The molecule has 0 bridgehead atoms. The van der Waals surface area contributed by atoms with Crippen molar-refractivity contribution in [1.82, 2.24) is 5.32 Å². The molecular formula is C21H24ClN3O4. The molecule has 1 saturated heterocycles. The first kappa shape index (κ1) is 22.2. The number of rotatable bonds is 7. The van der Waals surface area contributed by atoms with Gasteiger partial charge < -0.3 is 20.5 Å². The minimum atomic E-state index is -0.381. The molecule has 0 spiro atoms. The van der Waals surface area contributed by atoms with Gasteiger partial charge in [-0.05, 0) is 29.7 Å². The molecule has 1 aliphatic heterocycles. The summed E-state index contributed by atoms with van der Waals surface area (Å²) in [4.78, 5) is 23.3. The summed E-state index contributed by atoms with van der Waals surface area (Å²) in [6.07, 6.45) is 0.643. The number of amides is 1. The molecule has 0 aliphatic carbocycles. The van der Waals surface area contributed by atoms with Gasteiger partial charge in [-0.15, -0.1) is 12.4 Å². The number of amidine groups is 1. The predicted octanol–water partition coefficient (Wildman–Crippen LogP) is 2.51. The Kier molecular flexibility index (Phi) is 7.61. The van der Waals surface area contributed by atoms with Gasteiger partial charge in [-0.1, -0.05) is 36.4 Å². The van der Waals surface area contributed by atoms with Gasteiger partial charge in [-0.3, -0.25) is 15.0 Å². The topological polar surface area (TPSA) is 114 Å². The Morgan fingerprint density at radius 1 is 1.14 bits per heavy atom. The van der Waals surface area contributed by atoms with E-state index >= 15 is 0 Å². The molecule has 1 fully saturated rings. The molecular weight excluding hydrogens is 394 g/mol. The summed E-state index contributed by atoms with van der Waals surface area (Å²) in [5, 5.41) is 10.3. The molecule has 0 radical (unpaired) electrons. The van der Waals surface area contributed by atoms with Crippen molar-refractivity contribution in [2.75, 3.05) is 13.7 Å². The van der Waals surface area contributed by atoms with Gasteiger partial charge >= 0.3 is 5.97 Å². The normalized spacial score (nSPS) is 17.8. The molecule has 2 aromatic rings. The van der Waals surface area contributed by atoms with Crippen molar-refractivity contribution < 1.29 is 19.1 Å². The minimum Gasteiger partial charge on any atom is -0.491 e. The average molecular weight is 418 g/mol. The van der Waals surface area contributed by atoms with E-state index in [1.807, 2.05) is 48.5 Å². The molecule has 1 aliphatic rings. The Labute approximate surface area is 175 Å². The number of carbonyl (C=O) groups excluding carboxylic acids is 2. The Bertz CT molecular complexity index is 868. The molecule has 0 saturated carbocycles. The Morgan fingerprint density at radius 2 is 1.72 bits per heavy atom. The minimum absolute atomic E-state index is 0. The zero-order chi connectivity index (χ0) is 20.1. The Hall–Kier alpha value is -3.06. The van der Waals surface area contributed by atoms with Crippen molar-refractivity contribution in [3.05, 3.63) is 54.1 Å². The molecule has 2 atom stereocenters. The van der Waals surface area contributed by atoms with E-state index in [0.29, 0.717) is 24.3 Å². The Balaban J connectivity index is 0.00000300. The third-order valence-corrected chi connectivity index (χ3v) is 4.76. The second-order valence-corrected chi connectivity index (χ2v) is 6.74. The van der Waals surface area contributed by atoms with Crippen LogP contribution in [0, 0.1) is 11.3 Å². The van der Waals surface area contributed by atoms with Crippen LogP contribution in [-0.4, -0.2) is 37.5 Å². The fraction of sp³-hybridized carbons (Fsp3) is 0.286. The summed E-state index contributed by atoms with van der Waals surface area (Å²) in [6, 6.07) is 15.0. The number of hydrogen-bond donors (Lipinski definition) is 3. The molecule has 7 nitrogen and oxygen atoms in total. The van der Waals surface area contributed by atoms with Crippen LogP contribution in [0.2, 0.25) is 0 Å². The lowest BCUT2D eigenvalue weighted by atomic mass is 10.0. The summed E-state index contributed by atoms with van der Waals surface area (Å²) in [7, 11) is 1.32. The number of ether oxygens (including phenoxy) is 2. The lowest BCUT2D eigenvalue weighted by Crippen LogP contribution is -2.31. The van der Waals surface area contributed by atoms with E-state index in [0.717, 1.165) is 11.1 Å². The number of hydrogen-bond acceptors (Lipinski definition) is 5. The van der Waals surface area contributed by atoms with E-state index in [1.54, 1.807) is 0 Å². The summed E-state index contributed by atoms with van der Waals surface area (Å²) < 4.78 is 10.4. The number of nitrogens with one attached hydrogen (secondary N) is 2. The zero-order valence-electron chi connectivity index (χ0n) is 16.0. The number of halogens is 1. The maximum absolute atomic E-state index is 11.9. The molecule has 4 N–H and O–H groups in total. The lowest BCUT2D eigenvalue weighted by Gasteiger charge is -2.12. The van der Waals surface area contributed by atoms with Gasteiger partial charge in [0.05, 0.1) is 25.5 Å². The first-order valence-electron chi connectivity index (χ1n) is 9.01. The molecule has 154 valence electrons. The van der Waals surface area contributed by atoms with Crippen molar-refractivity contribution in [1.29, 1.82) is 5.41 Å². The zero-order valence-corrected chi connectivity index (χ0v) is 16.8. The van der Waals surface area contributed by atoms with Crippen LogP contribution in [0.15, 0.2) is 48.5 Å². The smallest absolute Gasteiger partial charge is 0.306 e. The van der Waals surface area contributed by atoms with Crippen molar-refractivity contribution in [3.8, 4) is 16.9 Å². The van der Waals surface area contributed by atoms with E-state index in [1.165, 1.54) is 7.11 Å². The van der Waals surface area contributed by atoms with Gasteiger partial charge in [0.15, 0.2) is 0 Å². The fourth-order valence-electron chi connectivity index (χ4n) is 3.18. The summed E-state index contributed by atoms with van der Waals surface area (Å²) in [6.45, 7) is 0.343. The van der Waals surface area contributed by atoms with Crippen molar-refractivity contribution in [3.63, 3.8) is 0 Å². The maximum Gasteiger partial charge on any atom is 0.306 e. The second-order valence-electron chi connectivity index (χ2n) is 6.74. The highest BCUT2D eigenvalue weighted by Crippen LogP contribution is 2.24. The first-order chi connectivity index (χ1) is 13.5. The maximum atomic E-state index is 11.9. The van der Waals surface area contributed by atoms with Crippen LogP contribution < -0.4 is 15.8 Å². The van der Waals surface area contributed by atoms with Gasteiger partial charge in [0.1, 0.15) is 18.2 Å². The van der Waals surface area contributed by atoms with Crippen LogP contribution in [0.3, 0.4) is 0 Å². The van der Waals surface area contributed by atoms with Gasteiger partial charge in [-0.25, -0.2) is 0 Å². The number of benzene rings is 2. The molecule has 0 aromatic heterocycles. The Morgan fingerprint density at radius 3 is 2.28 bits per heavy atom. The predicted molar refractivity (Wildman–Crippen MR) is 112 cm³/mol. The highest BCUT2D eigenvalue weighted by molar-refractivity contribution is 5.95. The monoisotopic (exact) mass is 417 g/mol. The van der Waals surface area contributed by atoms with E-state index in [9.17, 15) is 9.59 Å². The molecule has 8 heteroatoms. The van der Waals surface area contributed by atoms with E-state index < -0.39 is 0 Å². The van der Waals surface area contributed by atoms with Gasteiger partial charge in [-0.2, -0.15) is 0 Å². The molecule has 29 heavy (non-hydrogen) atoms. The standard InChI is InChI=1S/C21H23N3O4.ClH/c1-27-19(25)11-16-10-17(24-21(16)26)12-28-18-8-6-14(7-9-18)13-2-4-15(5-3-13)20(22)23;/h2-9,16-17H,10-12H2,1H3,(H3,22,23)(H,24,26);1H.